The van der Waals surface area contributed by atoms with Gasteiger partial charge in [-0.25, -0.2) is 0 Å². The van der Waals surface area contributed by atoms with Gasteiger partial charge in [-0.3, -0.25) is 4.79 Å². The molecule has 0 bridgehead atoms. The van der Waals surface area contributed by atoms with Crippen LogP contribution in [-0.2, 0) is 4.79 Å². The molecule has 4 N–H and O–H groups in total. The number of oxime groups is 1. The van der Waals surface area contributed by atoms with Crippen LogP contribution in [0.2, 0.25) is 0 Å². The number of hydrogen-bond acceptors (Lipinski definition) is 4. The molecule has 1 saturated heterocycles. The zero-order valence-corrected chi connectivity index (χ0v) is 11.5. The van der Waals surface area contributed by atoms with Crippen LogP contribution in [-0.4, -0.2) is 34.5 Å². The third kappa shape index (κ3) is 2.43. The number of amides is 1. The molecule has 1 heterocycles. The van der Waals surface area contributed by atoms with Gasteiger partial charge in [0.15, 0.2) is 5.84 Å². The molecule has 6 heteroatoms. The van der Waals surface area contributed by atoms with Gasteiger partial charge in [-0.1, -0.05) is 12.1 Å². The number of nitrogens with two attached hydrogens (primary N) is 1. The van der Waals surface area contributed by atoms with Crippen molar-refractivity contribution < 1.29 is 10.0 Å². The Kier molecular flexibility index (Phi) is 4.04. The zero-order chi connectivity index (χ0) is 13.2. The van der Waals surface area contributed by atoms with E-state index < -0.39 is 5.41 Å². The molecule has 0 aromatic carbocycles. The zero-order valence-electron chi connectivity index (χ0n) is 10.7. The summed E-state index contributed by atoms with van der Waals surface area (Å²) in [5.41, 5.74) is 4.95. The molecule has 2 fully saturated rings. The fourth-order valence-corrected chi connectivity index (χ4v) is 3.99. The van der Waals surface area contributed by atoms with Crippen LogP contribution in [0.15, 0.2) is 5.16 Å². The van der Waals surface area contributed by atoms with Crippen molar-refractivity contribution in [1.29, 1.82) is 0 Å². The average Bonchev–Trinajstić information content (AvgIpc) is 2.34. The van der Waals surface area contributed by atoms with Crippen molar-refractivity contribution in [2.75, 3.05) is 11.5 Å². The first kappa shape index (κ1) is 13.5. The Labute approximate surface area is 112 Å². The van der Waals surface area contributed by atoms with Crippen molar-refractivity contribution in [2.24, 2.45) is 22.2 Å². The van der Waals surface area contributed by atoms with Crippen LogP contribution in [0.5, 0.6) is 0 Å². The molecule has 102 valence electrons. The van der Waals surface area contributed by atoms with Crippen LogP contribution in [0.25, 0.3) is 0 Å². The van der Waals surface area contributed by atoms with E-state index in [0.29, 0.717) is 18.8 Å². The lowest BCUT2D eigenvalue weighted by Gasteiger charge is -2.44. The van der Waals surface area contributed by atoms with Gasteiger partial charge >= 0.3 is 0 Å². The maximum Gasteiger partial charge on any atom is 0.234 e. The van der Waals surface area contributed by atoms with Gasteiger partial charge in [0.2, 0.25) is 5.91 Å². The maximum absolute atomic E-state index is 12.4. The molecule has 0 aromatic rings. The third-order valence-electron chi connectivity index (χ3n) is 3.92. The van der Waals surface area contributed by atoms with Crippen molar-refractivity contribution in [3.05, 3.63) is 0 Å². The molecule has 1 saturated carbocycles. The van der Waals surface area contributed by atoms with Crippen LogP contribution in [0.3, 0.4) is 0 Å². The predicted molar refractivity (Wildman–Crippen MR) is 72.7 cm³/mol. The Morgan fingerprint density at radius 2 is 2.28 bits per heavy atom. The van der Waals surface area contributed by atoms with Gasteiger partial charge in [0, 0.05) is 11.8 Å². The second-order valence-electron chi connectivity index (χ2n) is 5.47. The van der Waals surface area contributed by atoms with Gasteiger partial charge in [-0.15, -0.1) is 0 Å². The molecule has 1 aliphatic carbocycles. The number of carbonyl (C=O) groups excluding carboxylic acids is 1. The third-order valence-corrected chi connectivity index (χ3v) is 5.14. The van der Waals surface area contributed by atoms with E-state index in [1.165, 1.54) is 5.75 Å². The van der Waals surface area contributed by atoms with Gasteiger partial charge in [0.1, 0.15) is 5.41 Å². The van der Waals surface area contributed by atoms with Gasteiger partial charge < -0.3 is 16.3 Å². The smallest absolute Gasteiger partial charge is 0.234 e. The SMILES string of the molecule is CC1CC(C(=O)NC2CCCSC2)(C(N)=NO)C1. The van der Waals surface area contributed by atoms with Crippen molar-refractivity contribution in [2.45, 2.75) is 38.6 Å². The number of thioether (sulfide) groups is 1. The van der Waals surface area contributed by atoms with Gasteiger partial charge in [0.25, 0.3) is 0 Å². The molecular formula is C12H21N3O2S. The number of nitrogens with zero attached hydrogens (tertiary/aromatic N) is 1. The molecule has 1 unspecified atom stereocenters. The number of nitrogens with one attached hydrogen (secondary N) is 1. The average molecular weight is 271 g/mol. The fraction of sp³-hybridized carbons (Fsp3) is 0.833. The highest BCUT2D eigenvalue weighted by atomic mass is 32.2. The van der Waals surface area contributed by atoms with Crippen molar-refractivity contribution >= 4 is 23.5 Å². The van der Waals surface area contributed by atoms with Crippen LogP contribution in [0.1, 0.15) is 32.6 Å². The minimum atomic E-state index is -0.768. The number of carbonyl (C=O) groups is 1. The molecule has 1 aliphatic heterocycles. The second kappa shape index (κ2) is 5.38. The Hall–Kier alpha value is -0.910. The van der Waals surface area contributed by atoms with E-state index in [1.807, 2.05) is 11.8 Å². The Bertz CT molecular complexity index is 347. The summed E-state index contributed by atoms with van der Waals surface area (Å²) in [4.78, 5) is 12.4. The highest BCUT2D eigenvalue weighted by Gasteiger charge is 2.52. The highest BCUT2D eigenvalue weighted by molar-refractivity contribution is 7.99. The molecule has 2 aliphatic rings. The summed E-state index contributed by atoms with van der Waals surface area (Å²) in [6.45, 7) is 2.08. The topological polar surface area (TPSA) is 87.7 Å². The van der Waals surface area contributed by atoms with Crippen molar-refractivity contribution in [1.82, 2.24) is 5.32 Å². The molecule has 5 nitrogen and oxygen atoms in total. The number of amidine groups is 1. The summed E-state index contributed by atoms with van der Waals surface area (Å²) in [7, 11) is 0. The van der Waals surface area contributed by atoms with Crippen molar-refractivity contribution in [3.8, 4) is 0 Å². The second-order valence-corrected chi connectivity index (χ2v) is 6.62. The largest absolute Gasteiger partial charge is 0.409 e. The van der Waals surface area contributed by atoms with E-state index in [2.05, 4.69) is 17.4 Å². The van der Waals surface area contributed by atoms with Crippen molar-refractivity contribution in [3.63, 3.8) is 0 Å². The first-order chi connectivity index (χ1) is 8.58. The van der Waals surface area contributed by atoms with E-state index in [-0.39, 0.29) is 17.8 Å². The lowest BCUT2D eigenvalue weighted by Crippen LogP contribution is -2.58. The summed E-state index contributed by atoms with van der Waals surface area (Å²) in [5, 5.41) is 15.0. The molecule has 18 heavy (non-hydrogen) atoms. The molecule has 0 spiro atoms. The van der Waals surface area contributed by atoms with E-state index in [9.17, 15) is 4.79 Å². The molecule has 1 amide bonds. The van der Waals surface area contributed by atoms with E-state index in [1.54, 1.807) is 0 Å². The molecule has 2 rings (SSSR count). The number of hydrogen-bond donors (Lipinski definition) is 3. The maximum atomic E-state index is 12.4. The molecular weight excluding hydrogens is 250 g/mol. The Morgan fingerprint density at radius 3 is 2.78 bits per heavy atom. The fourth-order valence-electron chi connectivity index (χ4n) is 2.91. The van der Waals surface area contributed by atoms with Crippen LogP contribution in [0, 0.1) is 11.3 Å². The Balaban J connectivity index is 2.00. The van der Waals surface area contributed by atoms with Gasteiger partial charge in [-0.05, 0) is 37.4 Å². The van der Waals surface area contributed by atoms with E-state index in [4.69, 9.17) is 10.9 Å². The molecule has 0 aromatic heterocycles. The molecule has 1 atom stereocenters. The summed E-state index contributed by atoms with van der Waals surface area (Å²) in [5.74, 6) is 2.59. The highest BCUT2D eigenvalue weighted by Crippen LogP contribution is 2.46. The summed E-state index contributed by atoms with van der Waals surface area (Å²) >= 11 is 1.87. The quantitative estimate of drug-likeness (QED) is 0.311. The standard InChI is InChI=1S/C12H21N3O2S/c1-8-5-12(6-8,10(13)15-17)11(16)14-9-3-2-4-18-7-9/h8-9,17H,2-7H2,1H3,(H2,13,15)(H,14,16). The number of rotatable bonds is 3. The Morgan fingerprint density at radius 1 is 1.56 bits per heavy atom. The lowest BCUT2D eigenvalue weighted by atomic mass is 9.61. The predicted octanol–water partition coefficient (Wildman–Crippen LogP) is 1.16. The minimum absolute atomic E-state index is 0.0570. The molecule has 0 radical (unpaired) electrons. The minimum Gasteiger partial charge on any atom is -0.409 e. The summed E-state index contributed by atoms with van der Waals surface area (Å²) in [6.07, 6.45) is 3.52. The van der Waals surface area contributed by atoms with Gasteiger partial charge in [0.05, 0.1) is 0 Å². The van der Waals surface area contributed by atoms with Crippen LogP contribution in [0.4, 0.5) is 0 Å². The van der Waals surface area contributed by atoms with E-state index in [0.717, 1.165) is 18.6 Å². The van der Waals surface area contributed by atoms with Crippen LogP contribution >= 0.6 is 11.8 Å². The normalized spacial score (nSPS) is 36.8. The van der Waals surface area contributed by atoms with E-state index >= 15 is 0 Å². The van der Waals surface area contributed by atoms with Gasteiger partial charge in [-0.2, -0.15) is 11.8 Å². The first-order valence-corrected chi connectivity index (χ1v) is 7.60. The first-order valence-electron chi connectivity index (χ1n) is 6.45. The monoisotopic (exact) mass is 271 g/mol. The summed E-state index contributed by atoms with van der Waals surface area (Å²) < 4.78 is 0. The lowest BCUT2D eigenvalue weighted by molar-refractivity contribution is -0.133. The van der Waals surface area contributed by atoms with Crippen LogP contribution < -0.4 is 11.1 Å². The summed E-state index contributed by atoms with van der Waals surface area (Å²) in [6, 6.07) is 0.232.